The standard InChI is InChI=1S/C16H23NO7/c1-3-17-15(22)11-8(2)5-4-6-9(11)23-16-14(21)13(20)12(19)10(7-18)24-16/h4-6,10,12-14,16,18-21H,3,7H2,1-2H3,(H,17,22)/t10-,12-,13+,14-,16-/m1/s1. The van der Waals surface area contributed by atoms with E-state index in [-0.39, 0.29) is 17.2 Å². The molecule has 5 N–H and O–H groups in total. The zero-order valence-corrected chi connectivity index (χ0v) is 13.5. The van der Waals surface area contributed by atoms with E-state index in [9.17, 15) is 25.2 Å². The number of hydrogen-bond acceptors (Lipinski definition) is 7. The van der Waals surface area contributed by atoms with Crippen LogP contribution >= 0.6 is 0 Å². The first-order valence-corrected chi connectivity index (χ1v) is 7.75. The smallest absolute Gasteiger partial charge is 0.255 e. The average Bonchev–Trinajstić information content (AvgIpc) is 2.55. The highest BCUT2D eigenvalue weighted by Gasteiger charge is 2.45. The molecule has 1 aromatic carbocycles. The molecule has 8 heteroatoms. The lowest BCUT2D eigenvalue weighted by Crippen LogP contribution is -2.60. The van der Waals surface area contributed by atoms with Crippen LogP contribution in [0.15, 0.2) is 18.2 Å². The van der Waals surface area contributed by atoms with Crippen LogP contribution in [0.4, 0.5) is 0 Å². The molecule has 1 amide bonds. The van der Waals surface area contributed by atoms with Gasteiger partial charge in [-0.15, -0.1) is 0 Å². The van der Waals surface area contributed by atoms with E-state index >= 15 is 0 Å². The third kappa shape index (κ3) is 3.68. The Morgan fingerprint density at radius 3 is 2.58 bits per heavy atom. The van der Waals surface area contributed by atoms with Crippen LogP contribution in [0.2, 0.25) is 0 Å². The van der Waals surface area contributed by atoms with Crippen LogP contribution < -0.4 is 10.1 Å². The molecule has 8 nitrogen and oxygen atoms in total. The summed E-state index contributed by atoms with van der Waals surface area (Å²) >= 11 is 0. The predicted molar refractivity (Wildman–Crippen MR) is 83.6 cm³/mol. The van der Waals surface area contributed by atoms with Gasteiger partial charge in [-0.25, -0.2) is 0 Å². The fourth-order valence-electron chi connectivity index (χ4n) is 2.57. The van der Waals surface area contributed by atoms with Crippen molar-refractivity contribution in [2.24, 2.45) is 0 Å². The second kappa shape index (κ2) is 7.91. The van der Waals surface area contributed by atoms with Crippen molar-refractivity contribution in [3.8, 4) is 5.75 Å². The maximum Gasteiger partial charge on any atom is 0.255 e. The monoisotopic (exact) mass is 341 g/mol. The number of aryl methyl sites for hydroxylation is 1. The summed E-state index contributed by atoms with van der Waals surface area (Å²) in [6, 6.07) is 4.96. The van der Waals surface area contributed by atoms with Crippen LogP contribution in [0.1, 0.15) is 22.8 Å². The molecule has 2 rings (SSSR count). The van der Waals surface area contributed by atoms with E-state index in [1.807, 2.05) is 0 Å². The molecule has 0 bridgehead atoms. The van der Waals surface area contributed by atoms with Crippen molar-refractivity contribution in [2.75, 3.05) is 13.2 Å². The summed E-state index contributed by atoms with van der Waals surface area (Å²) in [4.78, 5) is 12.2. The molecule has 0 saturated carbocycles. The molecule has 0 aromatic heterocycles. The fourth-order valence-corrected chi connectivity index (χ4v) is 2.57. The molecular weight excluding hydrogens is 318 g/mol. The van der Waals surface area contributed by atoms with Gasteiger partial charge in [0.1, 0.15) is 30.2 Å². The van der Waals surface area contributed by atoms with E-state index in [1.54, 1.807) is 32.0 Å². The molecule has 0 aliphatic carbocycles. The van der Waals surface area contributed by atoms with Gasteiger partial charge in [0.15, 0.2) is 0 Å². The van der Waals surface area contributed by atoms with Gasteiger partial charge < -0.3 is 35.2 Å². The summed E-state index contributed by atoms with van der Waals surface area (Å²) in [7, 11) is 0. The number of benzene rings is 1. The second-order valence-electron chi connectivity index (χ2n) is 5.62. The first-order chi connectivity index (χ1) is 11.4. The Labute approximate surface area is 139 Å². The molecule has 0 unspecified atom stereocenters. The minimum Gasteiger partial charge on any atom is -0.461 e. The second-order valence-corrected chi connectivity index (χ2v) is 5.62. The maximum absolute atomic E-state index is 12.2. The molecule has 1 aliphatic rings. The summed E-state index contributed by atoms with van der Waals surface area (Å²) in [5.41, 5.74) is 0.958. The Hall–Kier alpha value is -1.71. The van der Waals surface area contributed by atoms with Gasteiger partial charge in [0.05, 0.1) is 12.2 Å². The Balaban J connectivity index is 2.27. The van der Waals surface area contributed by atoms with Gasteiger partial charge in [-0.3, -0.25) is 4.79 Å². The molecule has 134 valence electrons. The lowest BCUT2D eigenvalue weighted by atomic mass is 9.99. The largest absolute Gasteiger partial charge is 0.461 e. The molecule has 24 heavy (non-hydrogen) atoms. The number of carbonyl (C=O) groups excluding carboxylic acids is 1. The van der Waals surface area contributed by atoms with E-state index in [1.165, 1.54) is 0 Å². The topological polar surface area (TPSA) is 128 Å². The van der Waals surface area contributed by atoms with Gasteiger partial charge in [0, 0.05) is 6.54 Å². The van der Waals surface area contributed by atoms with Crippen molar-refractivity contribution < 1.29 is 34.7 Å². The van der Waals surface area contributed by atoms with Crippen LogP contribution in [-0.4, -0.2) is 70.2 Å². The minimum absolute atomic E-state index is 0.172. The third-order valence-corrected chi connectivity index (χ3v) is 3.89. The number of nitrogens with one attached hydrogen (secondary N) is 1. The van der Waals surface area contributed by atoms with E-state index in [0.717, 1.165) is 0 Å². The molecule has 5 atom stereocenters. The number of aliphatic hydroxyl groups is 4. The quantitative estimate of drug-likeness (QED) is 0.461. The Bertz CT molecular complexity index is 578. The van der Waals surface area contributed by atoms with Crippen LogP contribution in [0.3, 0.4) is 0 Å². The molecule has 1 fully saturated rings. The van der Waals surface area contributed by atoms with E-state index in [2.05, 4.69) is 5.32 Å². The van der Waals surface area contributed by atoms with Crippen molar-refractivity contribution in [3.63, 3.8) is 0 Å². The third-order valence-electron chi connectivity index (χ3n) is 3.89. The van der Waals surface area contributed by atoms with Crippen molar-refractivity contribution in [1.29, 1.82) is 0 Å². The summed E-state index contributed by atoms with van der Waals surface area (Å²) in [5, 5.41) is 41.5. The normalized spacial score (nSPS) is 30.0. The van der Waals surface area contributed by atoms with Gasteiger partial charge in [-0.1, -0.05) is 12.1 Å². The number of hydrogen-bond donors (Lipinski definition) is 5. The zero-order chi connectivity index (χ0) is 17.9. The van der Waals surface area contributed by atoms with Crippen LogP contribution in [0.25, 0.3) is 0 Å². The van der Waals surface area contributed by atoms with Crippen LogP contribution in [0.5, 0.6) is 5.75 Å². The molecule has 1 saturated heterocycles. The molecule has 1 heterocycles. The summed E-state index contributed by atoms with van der Waals surface area (Å²) < 4.78 is 10.9. The average molecular weight is 341 g/mol. The highest BCUT2D eigenvalue weighted by molar-refractivity contribution is 5.98. The highest BCUT2D eigenvalue weighted by atomic mass is 16.7. The lowest BCUT2D eigenvalue weighted by molar-refractivity contribution is -0.277. The molecule has 1 aromatic rings. The summed E-state index contributed by atoms with van der Waals surface area (Å²) in [6.07, 6.45) is -6.96. The van der Waals surface area contributed by atoms with Gasteiger partial charge >= 0.3 is 0 Å². The zero-order valence-electron chi connectivity index (χ0n) is 13.5. The first kappa shape index (κ1) is 18.6. The van der Waals surface area contributed by atoms with Crippen LogP contribution in [-0.2, 0) is 4.74 Å². The number of carbonyl (C=O) groups is 1. The van der Waals surface area contributed by atoms with E-state index in [0.29, 0.717) is 12.1 Å². The highest BCUT2D eigenvalue weighted by Crippen LogP contribution is 2.28. The minimum atomic E-state index is -1.54. The molecule has 0 spiro atoms. The Kier molecular flexibility index (Phi) is 6.14. The summed E-state index contributed by atoms with van der Waals surface area (Å²) in [5.74, 6) is -0.166. The van der Waals surface area contributed by atoms with Crippen molar-refractivity contribution in [3.05, 3.63) is 29.3 Å². The molecule has 0 radical (unpaired) electrons. The fraction of sp³-hybridized carbons (Fsp3) is 0.562. The predicted octanol–water partition coefficient (Wildman–Crippen LogP) is -1.08. The SMILES string of the molecule is CCNC(=O)c1c(C)cccc1O[C@@H]1O[C@H](CO)[C@@H](O)[C@H](O)[C@H]1O. The van der Waals surface area contributed by atoms with Crippen molar-refractivity contribution in [1.82, 2.24) is 5.32 Å². The van der Waals surface area contributed by atoms with Gasteiger partial charge in [0.2, 0.25) is 6.29 Å². The first-order valence-electron chi connectivity index (χ1n) is 7.75. The van der Waals surface area contributed by atoms with E-state index in [4.69, 9.17) is 9.47 Å². The summed E-state index contributed by atoms with van der Waals surface area (Å²) in [6.45, 7) is 3.41. The van der Waals surface area contributed by atoms with Crippen LogP contribution in [0, 0.1) is 6.92 Å². The lowest BCUT2D eigenvalue weighted by Gasteiger charge is -2.39. The number of rotatable bonds is 5. The molecule has 1 aliphatic heterocycles. The molecular formula is C16H23NO7. The number of ether oxygens (including phenoxy) is 2. The van der Waals surface area contributed by atoms with Crippen molar-refractivity contribution >= 4 is 5.91 Å². The van der Waals surface area contributed by atoms with E-state index < -0.39 is 37.3 Å². The van der Waals surface area contributed by atoms with Crippen molar-refractivity contribution in [2.45, 2.75) is 44.6 Å². The van der Waals surface area contributed by atoms with Gasteiger partial charge in [-0.05, 0) is 25.5 Å². The van der Waals surface area contributed by atoms with Gasteiger partial charge in [0.25, 0.3) is 5.91 Å². The Morgan fingerprint density at radius 2 is 1.96 bits per heavy atom. The number of amides is 1. The number of aliphatic hydroxyl groups excluding tert-OH is 4. The maximum atomic E-state index is 12.2. The Morgan fingerprint density at radius 1 is 1.25 bits per heavy atom. The van der Waals surface area contributed by atoms with Gasteiger partial charge in [-0.2, -0.15) is 0 Å².